The number of pyridine rings is 1. The third kappa shape index (κ3) is 4.07. The summed E-state index contributed by atoms with van der Waals surface area (Å²) in [4.78, 5) is 18.4. The Labute approximate surface area is 149 Å². The van der Waals surface area contributed by atoms with Gasteiger partial charge in [-0.15, -0.1) is 0 Å². The van der Waals surface area contributed by atoms with Crippen LogP contribution in [0, 0.1) is 12.8 Å². The van der Waals surface area contributed by atoms with Gasteiger partial charge in [-0.2, -0.15) is 0 Å². The molecule has 1 aromatic carbocycles. The van der Waals surface area contributed by atoms with Gasteiger partial charge in [0, 0.05) is 12.7 Å². The number of piperidine rings is 1. The van der Waals surface area contributed by atoms with Gasteiger partial charge in [0.15, 0.2) is 0 Å². The van der Waals surface area contributed by atoms with E-state index in [0.717, 1.165) is 37.1 Å². The number of aromatic nitrogens is 1. The molecule has 1 aromatic heterocycles. The lowest BCUT2D eigenvalue weighted by Crippen LogP contribution is -2.41. The van der Waals surface area contributed by atoms with Gasteiger partial charge in [0.2, 0.25) is 0 Å². The first-order valence-corrected chi connectivity index (χ1v) is 9.06. The van der Waals surface area contributed by atoms with Gasteiger partial charge in [-0.25, -0.2) is 0 Å². The molecule has 1 saturated heterocycles. The quantitative estimate of drug-likeness (QED) is 0.900. The Balaban J connectivity index is 1.95. The zero-order chi connectivity index (χ0) is 17.8. The lowest BCUT2D eigenvalue weighted by atomic mass is 9.92. The van der Waals surface area contributed by atoms with Gasteiger partial charge in [0.05, 0.1) is 17.7 Å². The summed E-state index contributed by atoms with van der Waals surface area (Å²) in [7, 11) is 0. The van der Waals surface area contributed by atoms with Crippen molar-refractivity contribution in [2.45, 2.75) is 39.2 Å². The Bertz CT molecular complexity index is 710. The maximum absolute atomic E-state index is 11.5. The fraction of sp³-hybridized carbons (Fsp3) is 0.429. The molecule has 4 nitrogen and oxygen atoms in total. The Morgan fingerprint density at radius 3 is 2.64 bits per heavy atom. The minimum absolute atomic E-state index is 0.00801. The van der Waals surface area contributed by atoms with Crippen LogP contribution < -0.4 is 0 Å². The minimum atomic E-state index is -0.693. The van der Waals surface area contributed by atoms with Crippen molar-refractivity contribution in [2.75, 3.05) is 13.1 Å². The molecule has 0 bridgehead atoms. The fourth-order valence-corrected chi connectivity index (χ4v) is 3.59. The predicted octanol–water partition coefficient (Wildman–Crippen LogP) is 3.84. The molecule has 1 N–H and O–H groups in total. The van der Waals surface area contributed by atoms with Crippen LogP contribution >= 0.6 is 0 Å². The van der Waals surface area contributed by atoms with Crippen molar-refractivity contribution in [2.24, 2.45) is 5.92 Å². The molecule has 1 aliphatic heterocycles. The van der Waals surface area contributed by atoms with Crippen molar-refractivity contribution in [1.82, 2.24) is 9.88 Å². The van der Waals surface area contributed by atoms with Crippen LogP contribution in [0.15, 0.2) is 42.6 Å². The van der Waals surface area contributed by atoms with E-state index in [0.29, 0.717) is 6.54 Å². The number of hydrogen-bond donors (Lipinski definition) is 1. The number of benzene rings is 1. The van der Waals surface area contributed by atoms with Crippen LogP contribution in [0.2, 0.25) is 0 Å². The van der Waals surface area contributed by atoms with Gasteiger partial charge in [0.1, 0.15) is 0 Å². The average molecular weight is 338 g/mol. The van der Waals surface area contributed by atoms with Crippen molar-refractivity contribution >= 4 is 5.97 Å². The lowest BCUT2D eigenvalue weighted by molar-refractivity contribution is -0.143. The van der Waals surface area contributed by atoms with Gasteiger partial charge < -0.3 is 5.11 Å². The van der Waals surface area contributed by atoms with E-state index in [1.165, 1.54) is 11.1 Å². The molecule has 2 heterocycles. The van der Waals surface area contributed by atoms with Crippen molar-refractivity contribution < 1.29 is 9.90 Å². The van der Waals surface area contributed by atoms with Gasteiger partial charge in [-0.05, 0) is 55.5 Å². The smallest absolute Gasteiger partial charge is 0.307 e. The Morgan fingerprint density at radius 2 is 2.04 bits per heavy atom. The standard InChI is InChI=1S/C21H26N2O2/c1-3-16-7-9-17(10-8-16)20(19-11-6-15(2)13-22-19)23-12-4-5-18(14-23)21(24)25/h6-11,13,18,20H,3-5,12,14H2,1-2H3,(H,24,25). The molecule has 25 heavy (non-hydrogen) atoms. The molecule has 132 valence electrons. The third-order valence-electron chi connectivity index (χ3n) is 5.09. The van der Waals surface area contributed by atoms with Crippen LogP contribution in [0.5, 0.6) is 0 Å². The molecular formula is C21H26N2O2. The SMILES string of the molecule is CCc1ccc(C(c2ccc(C)cn2)N2CCCC(C(=O)O)C2)cc1. The summed E-state index contributed by atoms with van der Waals surface area (Å²) in [5.74, 6) is -0.988. The summed E-state index contributed by atoms with van der Waals surface area (Å²) in [6, 6.07) is 12.8. The molecular weight excluding hydrogens is 312 g/mol. The summed E-state index contributed by atoms with van der Waals surface area (Å²) in [6.07, 6.45) is 4.57. The zero-order valence-corrected chi connectivity index (χ0v) is 15.0. The summed E-state index contributed by atoms with van der Waals surface area (Å²) >= 11 is 0. The van der Waals surface area contributed by atoms with Crippen LogP contribution in [-0.4, -0.2) is 34.0 Å². The van der Waals surface area contributed by atoms with E-state index < -0.39 is 5.97 Å². The third-order valence-corrected chi connectivity index (χ3v) is 5.09. The number of aryl methyl sites for hydroxylation is 2. The molecule has 1 fully saturated rings. The van der Waals surface area contributed by atoms with Crippen LogP contribution in [0.4, 0.5) is 0 Å². The normalized spacial score (nSPS) is 19.5. The van der Waals surface area contributed by atoms with E-state index in [9.17, 15) is 9.90 Å². The Kier molecular flexibility index (Phi) is 5.49. The second kappa shape index (κ2) is 7.79. The first-order valence-electron chi connectivity index (χ1n) is 9.06. The van der Waals surface area contributed by atoms with E-state index in [4.69, 9.17) is 0 Å². The van der Waals surface area contributed by atoms with E-state index in [-0.39, 0.29) is 12.0 Å². The van der Waals surface area contributed by atoms with Crippen LogP contribution in [0.1, 0.15) is 48.2 Å². The van der Waals surface area contributed by atoms with Crippen LogP contribution in [0.25, 0.3) is 0 Å². The summed E-state index contributed by atoms with van der Waals surface area (Å²) in [5.41, 5.74) is 4.60. The molecule has 0 aliphatic carbocycles. The maximum atomic E-state index is 11.5. The van der Waals surface area contributed by atoms with Crippen molar-refractivity contribution in [1.29, 1.82) is 0 Å². The Hall–Kier alpha value is -2.20. The number of likely N-dealkylation sites (tertiary alicyclic amines) is 1. The predicted molar refractivity (Wildman–Crippen MR) is 98.6 cm³/mol. The number of carbonyl (C=O) groups is 1. The van der Waals surface area contributed by atoms with E-state index in [1.54, 1.807) is 0 Å². The molecule has 2 atom stereocenters. The van der Waals surface area contributed by atoms with E-state index >= 15 is 0 Å². The summed E-state index contributed by atoms with van der Waals surface area (Å²) in [5, 5.41) is 9.44. The first-order chi connectivity index (χ1) is 12.1. The van der Waals surface area contributed by atoms with Crippen molar-refractivity contribution in [3.8, 4) is 0 Å². The molecule has 0 spiro atoms. The monoisotopic (exact) mass is 338 g/mol. The molecule has 3 rings (SSSR count). The summed E-state index contributed by atoms with van der Waals surface area (Å²) in [6.45, 7) is 5.66. The molecule has 0 saturated carbocycles. The highest BCUT2D eigenvalue weighted by molar-refractivity contribution is 5.70. The van der Waals surface area contributed by atoms with Crippen molar-refractivity contribution in [3.05, 3.63) is 65.0 Å². The van der Waals surface area contributed by atoms with Gasteiger partial charge in [-0.1, -0.05) is 37.3 Å². The summed E-state index contributed by atoms with van der Waals surface area (Å²) < 4.78 is 0. The number of hydrogen-bond acceptors (Lipinski definition) is 3. The van der Waals surface area contributed by atoms with E-state index in [1.807, 2.05) is 13.1 Å². The topological polar surface area (TPSA) is 53.4 Å². The van der Waals surface area contributed by atoms with Crippen molar-refractivity contribution in [3.63, 3.8) is 0 Å². The molecule has 2 aromatic rings. The highest BCUT2D eigenvalue weighted by Gasteiger charge is 2.31. The van der Waals surface area contributed by atoms with E-state index in [2.05, 4.69) is 53.2 Å². The number of nitrogens with zero attached hydrogens (tertiary/aromatic N) is 2. The minimum Gasteiger partial charge on any atom is -0.481 e. The highest BCUT2D eigenvalue weighted by Crippen LogP contribution is 2.32. The molecule has 1 aliphatic rings. The molecule has 0 amide bonds. The molecule has 2 unspecified atom stereocenters. The van der Waals surface area contributed by atoms with Gasteiger partial charge in [0.25, 0.3) is 0 Å². The van der Waals surface area contributed by atoms with Crippen LogP contribution in [-0.2, 0) is 11.2 Å². The number of aliphatic carboxylic acids is 1. The lowest BCUT2D eigenvalue weighted by Gasteiger charge is -2.37. The zero-order valence-electron chi connectivity index (χ0n) is 15.0. The first kappa shape index (κ1) is 17.6. The molecule has 0 radical (unpaired) electrons. The maximum Gasteiger partial charge on any atom is 0.307 e. The number of rotatable bonds is 5. The van der Waals surface area contributed by atoms with Gasteiger partial charge >= 0.3 is 5.97 Å². The largest absolute Gasteiger partial charge is 0.481 e. The second-order valence-electron chi connectivity index (χ2n) is 6.93. The number of carboxylic acid groups (broad SMARTS) is 1. The highest BCUT2D eigenvalue weighted by atomic mass is 16.4. The average Bonchev–Trinajstić information content (AvgIpc) is 2.64. The Morgan fingerprint density at radius 1 is 1.28 bits per heavy atom. The molecule has 4 heteroatoms. The number of carboxylic acids is 1. The van der Waals surface area contributed by atoms with Gasteiger partial charge in [-0.3, -0.25) is 14.7 Å². The second-order valence-corrected chi connectivity index (χ2v) is 6.93. The van der Waals surface area contributed by atoms with Crippen LogP contribution in [0.3, 0.4) is 0 Å². The fourth-order valence-electron chi connectivity index (χ4n) is 3.59.